The van der Waals surface area contributed by atoms with Gasteiger partial charge in [-0.3, -0.25) is 4.79 Å². The fraction of sp³-hybridized carbons (Fsp3) is 0.0909. The van der Waals surface area contributed by atoms with Crippen LogP contribution in [-0.4, -0.2) is 17.9 Å². The SMILES string of the molecule is CN(C(=O)c1ccc(Cl)s1)c1ccc(N)nc1. The van der Waals surface area contributed by atoms with E-state index in [1.807, 2.05) is 0 Å². The molecule has 2 aromatic rings. The van der Waals surface area contributed by atoms with E-state index >= 15 is 0 Å². The van der Waals surface area contributed by atoms with E-state index in [1.165, 1.54) is 16.2 Å². The van der Waals surface area contributed by atoms with Crippen molar-refractivity contribution in [3.63, 3.8) is 0 Å². The number of nitrogen functional groups attached to an aromatic ring is 1. The van der Waals surface area contributed by atoms with E-state index in [9.17, 15) is 4.79 Å². The molecule has 2 aromatic heterocycles. The molecule has 0 atom stereocenters. The number of rotatable bonds is 2. The molecular formula is C11H10ClN3OS. The highest BCUT2D eigenvalue weighted by atomic mass is 35.5. The molecule has 88 valence electrons. The van der Waals surface area contributed by atoms with Gasteiger partial charge in [0.2, 0.25) is 0 Å². The molecule has 4 nitrogen and oxygen atoms in total. The van der Waals surface area contributed by atoms with Crippen LogP contribution in [0.25, 0.3) is 0 Å². The van der Waals surface area contributed by atoms with Crippen LogP contribution in [0.5, 0.6) is 0 Å². The lowest BCUT2D eigenvalue weighted by Crippen LogP contribution is -2.25. The molecule has 0 spiro atoms. The van der Waals surface area contributed by atoms with Gasteiger partial charge in [-0.15, -0.1) is 11.3 Å². The molecular weight excluding hydrogens is 258 g/mol. The number of nitrogens with zero attached hydrogens (tertiary/aromatic N) is 2. The van der Waals surface area contributed by atoms with Crippen molar-refractivity contribution < 1.29 is 4.79 Å². The second-order valence-corrected chi connectivity index (χ2v) is 5.12. The van der Waals surface area contributed by atoms with Gasteiger partial charge in [-0.05, 0) is 24.3 Å². The highest BCUT2D eigenvalue weighted by molar-refractivity contribution is 7.18. The van der Waals surface area contributed by atoms with Crippen molar-refractivity contribution in [1.82, 2.24) is 4.98 Å². The Kier molecular flexibility index (Phi) is 3.31. The first-order chi connectivity index (χ1) is 8.08. The number of hydrogen-bond donors (Lipinski definition) is 1. The van der Waals surface area contributed by atoms with Gasteiger partial charge in [-0.1, -0.05) is 11.6 Å². The highest BCUT2D eigenvalue weighted by Crippen LogP contribution is 2.24. The quantitative estimate of drug-likeness (QED) is 0.910. The second kappa shape index (κ2) is 4.73. The highest BCUT2D eigenvalue weighted by Gasteiger charge is 2.15. The van der Waals surface area contributed by atoms with Crippen molar-refractivity contribution >= 4 is 40.4 Å². The molecule has 0 aliphatic carbocycles. The number of thiophene rings is 1. The monoisotopic (exact) mass is 267 g/mol. The van der Waals surface area contributed by atoms with Gasteiger partial charge in [0.1, 0.15) is 5.82 Å². The minimum atomic E-state index is -0.117. The first kappa shape index (κ1) is 11.9. The summed E-state index contributed by atoms with van der Waals surface area (Å²) in [5.41, 5.74) is 6.18. The predicted octanol–water partition coefficient (Wildman–Crippen LogP) is 2.66. The van der Waals surface area contributed by atoms with Gasteiger partial charge in [0, 0.05) is 7.05 Å². The number of hydrogen-bond acceptors (Lipinski definition) is 4. The summed E-state index contributed by atoms with van der Waals surface area (Å²) in [5, 5.41) is 0. The Balaban J connectivity index is 2.23. The smallest absolute Gasteiger partial charge is 0.268 e. The van der Waals surface area contributed by atoms with Crippen LogP contribution >= 0.6 is 22.9 Å². The fourth-order valence-corrected chi connectivity index (χ4v) is 2.33. The first-order valence-corrected chi connectivity index (χ1v) is 6.02. The Hall–Kier alpha value is -1.59. The molecule has 2 N–H and O–H groups in total. The van der Waals surface area contributed by atoms with Gasteiger partial charge in [-0.2, -0.15) is 0 Å². The van der Waals surface area contributed by atoms with E-state index in [4.69, 9.17) is 17.3 Å². The van der Waals surface area contributed by atoms with E-state index in [-0.39, 0.29) is 5.91 Å². The zero-order valence-corrected chi connectivity index (χ0v) is 10.6. The maximum atomic E-state index is 12.1. The van der Waals surface area contributed by atoms with Crippen molar-refractivity contribution in [2.75, 3.05) is 17.7 Å². The number of pyridine rings is 1. The Morgan fingerprint density at radius 2 is 2.18 bits per heavy atom. The van der Waals surface area contributed by atoms with Gasteiger partial charge in [-0.25, -0.2) is 4.98 Å². The van der Waals surface area contributed by atoms with Crippen LogP contribution < -0.4 is 10.6 Å². The van der Waals surface area contributed by atoms with Crippen LogP contribution in [0.2, 0.25) is 4.34 Å². The average molecular weight is 268 g/mol. The largest absolute Gasteiger partial charge is 0.384 e. The van der Waals surface area contributed by atoms with E-state index in [2.05, 4.69) is 4.98 Å². The van der Waals surface area contributed by atoms with E-state index in [0.717, 1.165) is 0 Å². The third kappa shape index (κ3) is 2.57. The third-order valence-electron chi connectivity index (χ3n) is 2.25. The fourth-order valence-electron chi connectivity index (χ4n) is 1.31. The Bertz CT molecular complexity index is 538. The van der Waals surface area contributed by atoms with Crippen LogP contribution in [0.4, 0.5) is 11.5 Å². The summed E-state index contributed by atoms with van der Waals surface area (Å²) in [7, 11) is 1.68. The van der Waals surface area contributed by atoms with Crippen molar-refractivity contribution in [1.29, 1.82) is 0 Å². The summed E-state index contributed by atoms with van der Waals surface area (Å²) >= 11 is 7.05. The molecule has 0 fully saturated rings. The van der Waals surface area contributed by atoms with Crippen LogP contribution in [0, 0.1) is 0 Å². The summed E-state index contributed by atoms with van der Waals surface area (Å²) in [6.07, 6.45) is 1.56. The molecule has 0 saturated heterocycles. The molecule has 2 heterocycles. The Labute approximate surface area is 108 Å². The molecule has 0 aromatic carbocycles. The van der Waals surface area contributed by atoms with E-state index in [1.54, 1.807) is 37.5 Å². The number of anilines is 2. The lowest BCUT2D eigenvalue weighted by molar-refractivity contribution is 0.0997. The Morgan fingerprint density at radius 1 is 1.41 bits per heavy atom. The summed E-state index contributed by atoms with van der Waals surface area (Å²) in [5.74, 6) is 0.308. The average Bonchev–Trinajstić information content (AvgIpc) is 2.75. The lowest BCUT2D eigenvalue weighted by atomic mass is 10.3. The molecule has 17 heavy (non-hydrogen) atoms. The summed E-state index contributed by atoms with van der Waals surface area (Å²) in [4.78, 5) is 18.1. The molecule has 0 radical (unpaired) electrons. The summed E-state index contributed by atoms with van der Waals surface area (Å²) in [6.45, 7) is 0. The van der Waals surface area contributed by atoms with Crippen molar-refractivity contribution in [3.05, 3.63) is 39.7 Å². The zero-order valence-electron chi connectivity index (χ0n) is 9.05. The topological polar surface area (TPSA) is 59.2 Å². The number of nitrogens with two attached hydrogens (primary N) is 1. The van der Waals surface area contributed by atoms with Crippen LogP contribution in [-0.2, 0) is 0 Å². The number of carbonyl (C=O) groups is 1. The van der Waals surface area contributed by atoms with Gasteiger partial charge in [0.15, 0.2) is 0 Å². The molecule has 0 aliphatic rings. The Morgan fingerprint density at radius 3 is 2.71 bits per heavy atom. The summed E-state index contributed by atoms with van der Waals surface area (Å²) < 4.78 is 0.595. The standard InChI is InChI=1S/C11H10ClN3OS/c1-15(7-2-5-10(13)14-6-7)11(16)8-3-4-9(12)17-8/h2-6H,1H3,(H2,13,14). The van der Waals surface area contributed by atoms with Crippen LogP contribution in [0.3, 0.4) is 0 Å². The number of aromatic nitrogens is 1. The maximum Gasteiger partial charge on any atom is 0.268 e. The van der Waals surface area contributed by atoms with Gasteiger partial charge >= 0.3 is 0 Å². The third-order valence-corrected chi connectivity index (χ3v) is 3.47. The lowest BCUT2D eigenvalue weighted by Gasteiger charge is -2.15. The number of carbonyl (C=O) groups excluding carboxylic acids is 1. The van der Waals surface area contributed by atoms with Crippen molar-refractivity contribution in [2.24, 2.45) is 0 Å². The number of halogens is 1. The van der Waals surface area contributed by atoms with Gasteiger partial charge in [0.25, 0.3) is 5.91 Å². The normalized spacial score (nSPS) is 10.2. The van der Waals surface area contributed by atoms with Gasteiger partial charge < -0.3 is 10.6 Å². The van der Waals surface area contributed by atoms with Gasteiger partial charge in [0.05, 0.1) is 21.1 Å². The minimum Gasteiger partial charge on any atom is -0.384 e. The molecule has 0 unspecified atom stereocenters. The second-order valence-electron chi connectivity index (χ2n) is 3.41. The predicted molar refractivity (Wildman–Crippen MR) is 70.7 cm³/mol. The molecule has 1 amide bonds. The number of amides is 1. The first-order valence-electron chi connectivity index (χ1n) is 4.83. The molecule has 0 bridgehead atoms. The van der Waals surface area contributed by atoms with Crippen LogP contribution in [0.15, 0.2) is 30.5 Å². The minimum absolute atomic E-state index is 0.117. The molecule has 2 rings (SSSR count). The van der Waals surface area contributed by atoms with E-state index in [0.29, 0.717) is 20.7 Å². The maximum absolute atomic E-state index is 12.1. The van der Waals surface area contributed by atoms with E-state index < -0.39 is 0 Å². The molecule has 0 aliphatic heterocycles. The molecule has 0 saturated carbocycles. The molecule has 6 heteroatoms. The van der Waals surface area contributed by atoms with Crippen LogP contribution in [0.1, 0.15) is 9.67 Å². The van der Waals surface area contributed by atoms with Crippen molar-refractivity contribution in [2.45, 2.75) is 0 Å². The van der Waals surface area contributed by atoms with Crippen molar-refractivity contribution in [3.8, 4) is 0 Å². The zero-order chi connectivity index (χ0) is 12.4. The summed E-state index contributed by atoms with van der Waals surface area (Å²) in [6, 6.07) is 6.81.